The number of carbonyl (C=O) groups is 2. The molecule has 0 fully saturated rings. The van der Waals surface area contributed by atoms with Crippen molar-refractivity contribution >= 4 is 40.2 Å². The van der Waals surface area contributed by atoms with Crippen molar-refractivity contribution in [2.45, 2.75) is 12.6 Å². The van der Waals surface area contributed by atoms with Crippen molar-refractivity contribution < 1.29 is 24.2 Å². The van der Waals surface area contributed by atoms with Crippen LogP contribution in [0.4, 0.5) is 5.69 Å². The summed E-state index contributed by atoms with van der Waals surface area (Å²) in [4.78, 5) is 26.8. The lowest BCUT2D eigenvalue weighted by atomic mass is 10.2. The van der Waals surface area contributed by atoms with E-state index in [1.165, 1.54) is 36.9 Å². The first-order valence-corrected chi connectivity index (χ1v) is 10.3. The first-order chi connectivity index (χ1) is 14.0. The molecule has 0 aliphatic heterocycles. The largest absolute Gasteiger partial charge is 0.497 e. The Kier molecular flexibility index (Phi) is 6.86. The number of rotatable bonds is 7. The van der Waals surface area contributed by atoms with Crippen LogP contribution in [-0.2, 0) is 16.1 Å². The monoisotopic (exact) mass is 432 g/mol. The Hall–Kier alpha value is -2.88. The number of anilines is 1. The van der Waals surface area contributed by atoms with Gasteiger partial charge in [0.1, 0.15) is 17.6 Å². The predicted molar refractivity (Wildman–Crippen MR) is 113 cm³/mol. The zero-order valence-electron chi connectivity index (χ0n) is 15.8. The third-order valence-corrected chi connectivity index (χ3v) is 6.11. The smallest absolute Gasteiger partial charge is 0.313 e. The summed E-state index contributed by atoms with van der Waals surface area (Å²) in [6.07, 6.45) is -0.685. The normalized spacial score (nSPS) is 11.6. The maximum Gasteiger partial charge on any atom is 0.313 e. The summed E-state index contributed by atoms with van der Waals surface area (Å²) in [7, 11) is 2.99. The van der Waals surface area contributed by atoms with Crippen molar-refractivity contribution in [3.05, 3.63) is 62.5 Å². The molecule has 2 heterocycles. The van der Waals surface area contributed by atoms with Crippen molar-refractivity contribution in [3.8, 4) is 11.5 Å². The number of methoxy groups -OCH3 is 2. The van der Waals surface area contributed by atoms with Crippen LogP contribution in [0, 0.1) is 0 Å². The first kappa shape index (κ1) is 20.8. The maximum atomic E-state index is 12.2. The summed E-state index contributed by atoms with van der Waals surface area (Å²) in [5.41, 5.74) is 0.367. The minimum Gasteiger partial charge on any atom is -0.497 e. The van der Waals surface area contributed by atoms with Crippen LogP contribution in [0.3, 0.4) is 0 Å². The van der Waals surface area contributed by atoms with E-state index in [4.69, 9.17) is 9.47 Å². The molecule has 0 spiro atoms. The van der Waals surface area contributed by atoms with Crippen LogP contribution < -0.4 is 20.1 Å². The molecule has 152 valence electrons. The molecule has 1 atom stereocenters. The molecule has 0 aliphatic carbocycles. The number of thiophene rings is 2. The second kappa shape index (κ2) is 9.55. The average Bonchev–Trinajstić information content (AvgIpc) is 3.44. The summed E-state index contributed by atoms with van der Waals surface area (Å²) < 4.78 is 10.3. The van der Waals surface area contributed by atoms with Crippen molar-refractivity contribution in [2.24, 2.45) is 0 Å². The molecule has 0 radical (unpaired) electrons. The van der Waals surface area contributed by atoms with Crippen LogP contribution in [0.25, 0.3) is 0 Å². The van der Waals surface area contributed by atoms with Crippen LogP contribution in [-0.4, -0.2) is 31.1 Å². The number of carbonyl (C=O) groups excluding carboxylic acids is 2. The second-order valence-corrected chi connectivity index (χ2v) is 8.10. The summed E-state index contributed by atoms with van der Waals surface area (Å²) in [6, 6.07) is 12.3. The van der Waals surface area contributed by atoms with Gasteiger partial charge in [0.25, 0.3) is 0 Å². The van der Waals surface area contributed by atoms with Crippen LogP contribution in [0.15, 0.2) is 47.8 Å². The molecule has 9 heteroatoms. The standard InChI is InChI=1S/C20H20N2O5S2/c1-26-12-5-7-14(15(10-12)27-2)22-20(25)19(24)21-11-13-6-8-17(29-13)18(23)16-4-3-9-28-16/h3-10,18,23H,11H2,1-2H3,(H,21,24)(H,22,25). The Balaban J connectivity index is 1.56. The molecule has 0 saturated carbocycles. The average molecular weight is 433 g/mol. The molecule has 3 aromatic rings. The van der Waals surface area contributed by atoms with Gasteiger partial charge in [0, 0.05) is 20.7 Å². The Labute approximate surface area is 175 Å². The van der Waals surface area contributed by atoms with Crippen LogP contribution in [0.1, 0.15) is 20.7 Å². The molecular formula is C20H20N2O5S2. The van der Waals surface area contributed by atoms with E-state index in [0.29, 0.717) is 17.2 Å². The van der Waals surface area contributed by atoms with Crippen molar-refractivity contribution in [2.75, 3.05) is 19.5 Å². The van der Waals surface area contributed by atoms with Gasteiger partial charge in [0.2, 0.25) is 0 Å². The Morgan fingerprint density at radius 2 is 1.90 bits per heavy atom. The topological polar surface area (TPSA) is 96.9 Å². The van der Waals surface area contributed by atoms with E-state index >= 15 is 0 Å². The van der Waals surface area contributed by atoms with E-state index in [0.717, 1.165) is 14.6 Å². The lowest BCUT2D eigenvalue weighted by Gasteiger charge is -2.11. The van der Waals surface area contributed by atoms with Gasteiger partial charge in [-0.25, -0.2) is 0 Å². The molecule has 1 aromatic carbocycles. The van der Waals surface area contributed by atoms with E-state index in [1.807, 2.05) is 29.6 Å². The van der Waals surface area contributed by atoms with Crippen molar-refractivity contribution in [3.63, 3.8) is 0 Å². The molecule has 3 rings (SSSR count). The van der Waals surface area contributed by atoms with Gasteiger partial charge in [-0.1, -0.05) is 6.07 Å². The number of nitrogens with one attached hydrogen (secondary N) is 2. The molecule has 0 saturated heterocycles. The highest BCUT2D eigenvalue weighted by Gasteiger charge is 2.18. The second-order valence-electron chi connectivity index (χ2n) is 5.93. The summed E-state index contributed by atoms with van der Waals surface area (Å²) in [5.74, 6) is -0.612. The lowest BCUT2D eigenvalue weighted by Crippen LogP contribution is -2.34. The number of aliphatic hydroxyl groups excluding tert-OH is 1. The van der Waals surface area contributed by atoms with Crippen molar-refractivity contribution in [1.82, 2.24) is 5.32 Å². The van der Waals surface area contributed by atoms with Gasteiger partial charge in [-0.3, -0.25) is 9.59 Å². The predicted octanol–water partition coefficient (Wildman–Crippen LogP) is 3.16. The molecule has 29 heavy (non-hydrogen) atoms. The highest BCUT2D eigenvalue weighted by molar-refractivity contribution is 7.12. The van der Waals surface area contributed by atoms with Gasteiger partial charge < -0.3 is 25.2 Å². The van der Waals surface area contributed by atoms with Crippen molar-refractivity contribution in [1.29, 1.82) is 0 Å². The highest BCUT2D eigenvalue weighted by Crippen LogP contribution is 2.31. The molecule has 7 nitrogen and oxygen atoms in total. The molecule has 0 bridgehead atoms. The van der Waals surface area contributed by atoms with Gasteiger partial charge in [-0.2, -0.15) is 0 Å². The van der Waals surface area contributed by atoms with E-state index < -0.39 is 17.9 Å². The lowest BCUT2D eigenvalue weighted by molar-refractivity contribution is -0.136. The van der Waals surface area contributed by atoms with Crippen LogP contribution in [0.5, 0.6) is 11.5 Å². The van der Waals surface area contributed by atoms with E-state index in [9.17, 15) is 14.7 Å². The minimum atomic E-state index is -0.802. The summed E-state index contributed by atoms with van der Waals surface area (Å²) in [5, 5.41) is 17.4. The van der Waals surface area contributed by atoms with E-state index in [-0.39, 0.29) is 6.54 Å². The number of hydrogen-bond donors (Lipinski definition) is 3. The molecule has 1 unspecified atom stereocenters. The number of benzene rings is 1. The first-order valence-electron chi connectivity index (χ1n) is 8.63. The Bertz CT molecular complexity index is 985. The van der Waals surface area contributed by atoms with E-state index in [1.54, 1.807) is 18.2 Å². The Morgan fingerprint density at radius 3 is 2.59 bits per heavy atom. The zero-order valence-corrected chi connectivity index (χ0v) is 17.4. The molecule has 2 aromatic heterocycles. The van der Waals surface area contributed by atoms with Gasteiger partial charge in [-0.05, 0) is 35.7 Å². The minimum absolute atomic E-state index is 0.188. The number of aliphatic hydroxyl groups is 1. The number of ether oxygens (including phenoxy) is 2. The van der Waals surface area contributed by atoms with Gasteiger partial charge in [-0.15, -0.1) is 22.7 Å². The third kappa shape index (κ3) is 5.14. The maximum absolute atomic E-state index is 12.2. The number of hydrogen-bond acceptors (Lipinski definition) is 7. The molecular weight excluding hydrogens is 412 g/mol. The number of amides is 2. The van der Waals surface area contributed by atoms with Gasteiger partial charge in [0.05, 0.1) is 26.5 Å². The molecule has 2 amide bonds. The fourth-order valence-electron chi connectivity index (χ4n) is 2.55. The molecule has 0 aliphatic rings. The fraction of sp³-hybridized carbons (Fsp3) is 0.200. The van der Waals surface area contributed by atoms with Crippen LogP contribution >= 0.6 is 22.7 Å². The quantitative estimate of drug-likeness (QED) is 0.499. The van der Waals surface area contributed by atoms with Gasteiger partial charge >= 0.3 is 11.8 Å². The van der Waals surface area contributed by atoms with Crippen LogP contribution in [0.2, 0.25) is 0 Å². The van der Waals surface area contributed by atoms with Gasteiger partial charge in [0.15, 0.2) is 0 Å². The fourth-order valence-corrected chi connectivity index (χ4v) is 4.31. The zero-order chi connectivity index (χ0) is 20.8. The SMILES string of the molecule is COc1ccc(NC(=O)C(=O)NCc2ccc(C(O)c3cccs3)s2)c(OC)c1. The Morgan fingerprint density at radius 1 is 1.07 bits per heavy atom. The third-order valence-electron chi connectivity index (χ3n) is 4.05. The van der Waals surface area contributed by atoms with E-state index in [2.05, 4.69) is 10.6 Å². The highest BCUT2D eigenvalue weighted by atomic mass is 32.1. The summed E-state index contributed by atoms with van der Waals surface area (Å²) in [6.45, 7) is 0.188. The summed E-state index contributed by atoms with van der Waals surface area (Å²) >= 11 is 2.86. The molecule has 3 N–H and O–H groups in total.